The fraction of sp³-hybridized carbons (Fsp3) is 0.500. The summed E-state index contributed by atoms with van der Waals surface area (Å²) in [6, 6.07) is 6.46. The van der Waals surface area contributed by atoms with Gasteiger partial charge in [0.2, 0.25) is 0 Å². The van der Waals surface area contributed by atoms with Crippen LogP contribution in [0.25, 0.3) is 0 Å². The van der Waals surface area contributed by atoms with Crippen LogP contribution in [0.5, 0.6) is 0 Å². The number of hydrogen-bond acceptors (Lipinski definition) is 4. The highest BCUT2D eigenvalue weighted by Crippen LogP contribution is 2.22. The van der Waals surface area contributed by atoms with Crippen LogP contribution in [0.3, 0.4) is 0 Å². The van der Waals surface area contributed by atoms with Crippen LogP contribution in [0.1, 0.15) is 25.8 Å². The van der Waals surface area contributed by atoms with Gasteiger partial charge in [0.15, 0.2) is 0 Å². The molecule has 0 aromatic heterocycles. The highest BCUT2D eigenvalue weighted by Gasteiger charge is 2.27. The Morgan fingerprint density at radius 3 is 2.24 bits per heavy atom. The van der Waals surface area contributed by atoms with Crippen LogP contribution in [0.15, 0.2) is 29.2 Å². The minimum absolute atomic E-state index is 0.115. The van der Waals surface area contributed by atoms with E-state index in [0.717, 1.165) is 5.56 Å². The molecule has 0 heterocycles. The molecule has 0 fully saturated rings. The molecule has 0 aliphatic rings. The highest BCUT2D eigenvalue weighted by molar-refractivity contribution is 7.86. The monoisotopic (exact) mass is 258 g/mol. The Kier molecular flexibility index (Phi) is 4.30. The van der Waals surface area contributed by atoms with Gasteiger partial charge in [0.25, 0.3) is 10.1 Å². The molecular weight excluding hydrogens is 240 g/mol. The molecule has 5 heteroatoms. The van der Waals surface area contributed by atoms with E-state index >= 15 is 0 Å². The summed E-state index contributed by atoms with van der Waals surface area (Å²) in [7, 11) is -3.77. The Morgan fingerprint density at radius 1 is 1.24 bits per heavy atom. The lowest BCUT2D eigenvalue weighted by Crippen LogP contribution is -2.29. The number of benzene rings is 1. The maximum atomic E-state index is 11.9. The first-order valence-corrected chi connectivity index (χ1v) is 6.81. The van der Waals surface area contributed by atoms with Crippen LogP contribution < -0.4 is 0 Å². The van der Waals surface area contributed by atoms with Gasteiger partial charge >= 0.3 is 0 Å². The standard InChI is InChI=1S/C12H18O4S/c1-10-4-6-11(7-5-10)17(14,15)16-12(2,3)8-9-13/h4-7,13H,8-9H2,1-3H3. The fourth-order valence-corrected chi connectivity index (χ4v) is 2.60. The van der Waals surface area contributed by atoms with E-state index in [1.54, 1.807) is 26.0 Å². The number of aryl methyl sites for hydroxylation is 1. The maximum Gasteiger partial charge on any atom is 0.297 e. The summed E-state index contributed by atoms with van der Waals surface area (Å²) >= 11 is 0. The summed E-state index contributed by atoms with van der Waals surface area (Å²) in [5.41, 5.74) is 0.0805. The first-order chi connectivity index (χ1) is 7.77. The van der Waals surface area contributed by atoms with Crippen LogP contribution in [0.2, 0.25) is 0 Å². The van der Waals surface area contributed by atoms with E-state index in [-0.39, 0.29) is 17.9 Å². The lowest BCUT2D eigenvalue weighted by atomic mass is 10.1. The van der Waals surface area contributed by atoms with Crippen molar-refractivity contribution in [3.63, 3.8) is 0 Å². The number of aliphatic hydroxyl groups excluding tert-OH is 1. The van der Waals surface area contributed by atoms with E-state index < -0.39 is 15.7 Å². The van der Waals surface area contributed by atoms with Crippen molar-refractivity contribution in [1.82, 2.24) is 0 Å². The van der Waals surface area contributed by atoms with E-state index in [9.17, 15) is 8.42 Å². The van der Waals surface area contributed by atoms with E-state index in [0.29, 0.717) is 0 Å². The molecule has 1 aromatic rings. The Bertz CT molecular complexity index is 460. The first-order valence-electron chi connectivity index (χ1n) is 5.40. The van der Waals surface area contributed by atoms with Gasteiger partial charge in [-0.05, 0) is 32.9 Å². The van der Waals surface area contributed by atoms with Gasteiger partial charge in [0.05, 0.1) is 10.5 Å². The molecule has 1 N–H and O–H groups in total. The molecule has 1 aromatic carbocycles. The van der Waals surface area contributed by atoms with Crippen molar-refractivity contribution in [2.24, 2.45) is 0 Å². The predicted octanol–water partition coefficient (Wildman–Crippen LogP) is 1.86. The van der Waals surface area contributed by atoms with Crippen molar-refractivity contribution in [1.29, 1.82) is 0 Å². The third-order valence-electron chi connectivity index (χ3n) is 2.36. The Hall–Kier alpha value is -0.910. The normalized spacial score (nSPS) is 12.7. The maximum absolute atomic E-state index is 11.9. The molecule has 0 spiro atoms. The van der Waals surface area contributed by atoms with Crippen molar-refractivity contribution in [3.8, 4) is 0 Å². The third-order valence-corrected chi connectivity index (χ3v) is 3.88. The molecule has 4 nitrogen and oxygen atoms in total. The Labute approximate surface area is 102 Å². The molecule has 0 bridgehead atoms. The number of aliphatic hydroxyl groups is 1. The van der Waals surface area contributed by atoms with Crippen LogP contribution in [-0.2, 0) is 14.3 Å². The molecule has 0 aliphatic heterocycles. The molecule has 0 radical (unpaired) electrons. The van der Waals surface area contributed by atoms with Crippen LogP contribution in [-0.4, -0.2) is 25.7 Å². The zero-order valence-electron chi connectivity index (χ0n) is 10.3. The second kappa shape index (κ2) is 5.16. The lowest BCUT2D eigenvalue weighted by Gasteiger charge is -2.23. The second-order valence-electron chi connectivity index (χ2n) is 4.58. The molecule has 0 amide bonds. The van der Waals surface area contributed by atoms with E-state index in [4.69, 9.17) is 9.29 Å². The smallest absolute Gasteiger partial charge is 0.297 e. The fourth-order valence-electron chi connectivity index (χ4n) is 1.36. The van der Waals surface area contributed by atoms with Gasteiger partial charge in [-0.3, -0.25) is 4.18 Å². The van der Waals surface area contributed by atoms with E-state index in [1.807, 2.05) is 6.92 Å². The van der Waals surface area contributed by atoms with Crippen LogP contribution >= 0.6 is 0 Å². The molecule has 1 rings (SSSR count). The minimum Gasteiger partial charge on any atom is -0.396 e. The Balaban J connectivity index is 2.93. The van der Waals surface area contributed by atoms with Crippen LogP contribution in [0.4, 0.5) is 0 Å². The van der Waals surface area contributed by atoms with Crippen molar-refractivity contribution < 1.29 is 17.7 Å². The van der Waals surface area contributed by atoms with Crippen molar-refractivity contribution in [2.45, 2.75) is 37.7 Å². The molecular formula is C12H18O4S. The zero-order chi connectivity index (χ0) is 13.1. The van der Waals surface area contributed by atoms with Gasteiger partial charge in [0, 0.05) is 13.0 Å². The van der Waals surface area contributed by atoms with Gasteiger partial charge in [0.1, 0.15) is 0 Å². The summed E-state index contributed by atoms with van der Waals surface area (Å²) in [4.78, 5) is 0.133. The summed E-state index contributed by atoms with van der Waals surface area (Å²) < 4.78 is 29.0. The molecule has 0 atom stereocenters. The van der Waals surface area contributed by atoms with Gasteiger partial charge < -0.3 is 5.11 Å². The molecule has 0 aliphatic carbocycles. The number of rotatable bonds is 5. The summed E-state index contributed by atoms with van der Waals surface area (Å²) in [5.74, 6) is 0. The van der Waals surface area contributed by atoms with Gasteiger partial charge in [-0.25, -0.2) is 0 Å². The molecule has 0 unspecified atom stereocenters. The molecule has 96 valence electrons. The molecule has 0 saturated carbocycles. The average Bonchev–Trinajstić information content (AvgIpc) is 2.16. The average molecular weight is 258 g/mol. The second-order valence-corrected chi connectivity index (χ2v) is 6.13. The SMILES string of the molecule is Cc1ccc(S(=O)(=O)OC(C)(C)CCO)cc1. The summed E-state index contributed by atoms with van der Waals surface area (Å²) in [6.45, 7) is 5.04. The van der Waals surface area contributed by atoms with Gasteiger partial charge in [-0.15, -0.1) is 0 Å². The van der Waals surface area contributed by atoms with Crippen molar-refractivity contribution >= 4 is 10.1 Å². The lowest BCUT2D eigenvalue weighted by molar-refractivity contribution is 0.0836. The molecule has 0 saturated heterocycles. The van der Waals surface area contributed by atoms with Gasteiger partial charge in [-0.1, -0.05) is 17.7 Å². The zero-order valence-corrected chi connectivity index (χ0v) is 11.1. The Morgan fingerprint density at radius 2 is 1.76 bits per heavy atom. The van der Waals surface area contributed by atoms with E-state index in [1.165, 1.54) is 12.1 Å². The quantitative estimate of drug-likeness (QED) is 0.819. The predicted molar refractivity (Wildman–Crippen MR) is 65.2 cm³/mol. The highest BCUT2D eigenvalue weighted by atomic mass is 32.2. The molecule has 17 heavy (non-hydrogen) atoms. The van der Waals surface area contributed by atoms with Crippen molar-refractivity contribution in [2.75, 3.05) is 6.61 Å². The summed E-state index contributed by atoms with van der Waals surface area (Å²) in [5, 5.41) is 8.83. The number of hydrogen-bond donors (Lipinski definition) is 1. The van der Waals surface area contributed by atoms with E-state index in [2.05, 4.69) is 0 Å². The van der Waals surface area contributed by atoms with Gasteiger partial charge in [-0.2, -0.15) is 8.42 Å². The largest absolute Gasteiger partial charge is 0.396 e. The minimum atomic E-state index is -3.77. The summed E-state index contributed by atoms with van der Waals surface area (Å²) in [6.07, 6.45) is 0.262. The third kappa shape index (κ3) is 4.11. The first kappa shape index (κ1) is 14.2. The topological polar surface area (TPSA) is 63.6 Å². The van der Waals surface area contributed by atoms with Crippen molar-refractivity contribution in [3.05, 3.63) is 29.8 Å². The van der Waals surface area contributed by atoms with Crippen LogP contribution in [0, 0.1) is 6.92 Å².